The van der Waals surface area contributed by atoms with E-state index in [9.17, 15) is 4.79 Å². The van der Waals surface area contributed by atoms with Gasteiger partial charge in [0.2, 0.25) is 0 Å². The molecule has 1 N–H and O–H groups in total. The molecule has 1 atom stereocenters. The Balaban J connectivity index is 1.89. The van der Waals surface area contributed by atoms with Gasteiger partial charge in [0.15, 0.2) is 0 Å². The molecule has 3 rings (SSSR count). The maximum Gasteiger partial charge on any atom is 0.257 e. The molecule has 0 bridgehead atoms. The number of amides is 1. The predicted octanol–water partition coefficient (Wildman–Crippen LogP) is 4.84. The largest absolute Gasteiger partial charge is 0.494 e. The fourth-order valence-electron chi connectivity index (χ4n) is 3.14. The summed E-state index contributed by atoms with van der Waals surface area (Å²) >= 11 is 0. The molecule has 25 heavy (non-hydrogen) atoms. The number of carbonyl (C=O) groups is 1. The highest BCUT2D eigenvalue weighted by atomic mass is 16.5. The van der Waals surface area contributed by atoms with Gasteiger partial charge in [0.25, 0.3) is 5.91 Å². The van der Waals surface area contributed by atoms with Gasteiger partial charge in [-0.25, -0.2) is 0 Å². The first-order valence-electron chi connectivity index (χ1n) is 9.14. The summed E-state index contributed by atoms with van der Waals surface area (Å²) in [4.78, 5) is 14.9. The second-order valence-electron chi connectivity index (χ2n) is 6.37. The van der Waals surface area contributed by atoms with E-state index in [0.29, 0.717) is 6.54 Å². The molecule has 0 aromatic heterocycles. The van der Waals surface area contributed by atoms with E-state index in [1.165, 1.54) is 0 Å². The minimum Gasteiger partial charge on any atom is -0.494 e. The molecule has 1 unspecified atom stereocenters. The summed E-state index contributed by atoms with van der Waals surface area (Å²) in [5, 5.41) is 3.52. The van der Waals surface area contributed by atoms with Crippen LogP contribution in [0.15, 0.2) is 48.5 Å². The van der Waals surface area contributed by atoms with Crippen LogP contribution in [0.5, 0.6) is 5.75 Å². The van der Waals surface area contributed by atoms with Gasteiger partial charge in [0.1, 0.15) is 11.9 Å². The first-order valence-corrected chi connectivity index (χ1v) is 9.14. The Labute approximate surface area is 149 Å². The van der Waals surface area contributed by atoms with Crippen LogP contribution in [0.4, 0.5) is 5.69 Å². The lowest BCUT2D eigenvalue weighted by Crippen LogP contribution is -2.43. The summed E-state index contributed by atoms with van der Waals surface area (Å²) < 4.78 is 5.84. The van der Waals surface area contributed by atoms with E-state index in [4.69, 9.17) is 4.74 Å². The van der Waals surface area contributed by atoms with Gasteiger partial charge < -0.3 is 15.0 Å². The molecule has 1 heterocycles. The van der Waals surface area contributed by atoms with E-state index in [0.717, 1.165) is 48.4 Å². The summed E-state index contributed by atoms with van der Waals surface area (Å²) in [6, 6.07) is 15.8. The quantitative estimate of drug-likeness (QED) is 0.734. The first kappa shape index (κ1) is 17.3. The van der Waals surface area contributed by atoms with Crippen molar-refractivity contribution < 1.29 is 9.53 Å². The van der Waals surface area contributed by atoms with Crippen LogP contribution in [0.1, 0.15) is 55.2 Å². The van der Waals surface area contributed by atoms with Gasteiger partial charge in [0, 0.05) is 12.2 Å². The molecule has 0 saturated heterocycles. The summed E-state index contributed by atoms with van der Waals surface area (Å²) in [7, 11) is 0. The fourth-order valence-corrected chi connectivity index (χ4v) is 3.14. The molecule has 4 heteroatoms. The number of hydrogen-bond donors (Lipinski definition) is 1. The number of nitrogens with zero attached hydrogens (tertiary/aromatic N) is 1. The fraction of sp³-hybridized carbons (Fsp3) is 0.381. The summed E-state index contributed by atoms with van der Waals surface area (Å²) in [6.45, 7) is 5.68. The molecule has 0 aliphatic carbocycles. The number of rotatable bonds is 7. The Hall–Kier alpha value is -2.49. The molecule has 0 radical (unpaired) electrons. The maximum absolute atomic E-state index is 12.9. The van der Waals surface area contributed by atoms with E-state index in [2.05, 4.69) is 19.2 Å². The monoisotopic (exact) mass is 338 g/mol. The number of benzene rings is 2. The minimum absolute atomic E-state index is 0.0819. The first-order chi connectivity index (χ1) is 12.2. The lowest BCUT2D eigenvalue weighted by Gasteiger charge is -2.38. The third-order valence-electron chi connectivity index (χ3n) is 4.43. The number of anilines is 1. The van der Waals surface area contributed by atoms with Crippen molar-refractivity contribution in [1.82, 2.24) is 4.90 Å². The highest BCUT2D eigenvalue weighted by molar-refractivity contribution is 6.01. The number of fused-ring (bicyclic) bond motifs is 1. The average molecular weight is 338 g/mol. The molecule has 132 valence electrons. The number of carbonyl (C=O) groups excluding carboxylic acids is 1. The second kappa shape index (κ2) is 8.06. The second-order valence-corrected chi connectivity index (χ2v) is 6.37. The van der Waals surface area contributed by atoms with E-state index >= 15 is 0 Å². The number of para-hydroxylation sites is 1. The zero-order valence-electron chi connectivity index (χ0n) is 15.0. The standard InChI is InChI=1S/C21H26N2O2/c1-3-5-14-25-17-10-8-9-16(15-17)20-22-19-12-7-6-11-18(19)21(24)23(20)13-4-2/h6-12,15,20,22H,3-5,13-14H2,1-2H3. The lowest BCUT2D eigenvalue weighted by molar-refractivity contribution is 0.0683. The van der Waals surface area contributed by atoms with Gasteiger partial charge in [-0.05, 0) is 42.7 Å². The van der Waals surface area contributed by atoms with Crippen LogP contribution in [0.2, 0.25) is 0 Å². The molecule has 1 aliphatic rings. The Morgan fingerprint density at radius 3 is 2.72 bits per heavy atom. The topological polar surface area (TPSA) is 41.6 Å². The zero-order valence-corrected chi connectivity index (χ0v) is 15.0. The Bertz CT molecular complexity index is 729. The molecule has 1 amide bonds. The van der Waals surface area contributed by atoms with Gasteiger partial charge in [0.05, 0.1) is 12.2 Å². The van der Waals surface area contributed by atoms with Gasteiger partial charge in [-0.1, -0.05) is 44.5 Å². The molecule has 1 aliphatic heterocycles. The summed E-state index contributed by atoms with van der Waals surface area (Å²) in [5.74, 6) is 0.939. The van der Waals surface area contributed by atoms with E-state index in [1.807, 2.05) is 53.4 Å². The normalized spacial score (nSPS) is 16.3. The van der Waals surface area contributed by atoms with Crippen molar-refractivity contribution in [3.05, 3.63) is 59.7 Å². The van der Waals surface area contributed by atoms with Crippen LogP contribution in [-0.2, 0) is 0 Å². The number of ether oxygens (including phenoxy) is 1. The maximum atomic E-state index is 12.9. The third-order valence-corrected chi connectivity index (χ3v) is 4.43. The molecule has 2 aromatic rings. The van der Waals surface area contributed by atoms with Crippen molar-refractivity contribution in [2.75, 3.05) is 18.5 Å². The highest BCUT2D eigenvalue weighted by Crippen LogP contribution is 2.34. The van der Waals surface area contributed by atoms with Crippen molar-refractivity contribution >= 4 is 11.6 Å². The van der Waals surface area contributed by atoms with E-state index in [-0.39, 0.29) is 12.1 Å². The summed E-state index contributed by atoms with van der Waals surface area (Å²) in [5.41, 5.74) is 2.68. The minimum atomic E-state index is -0.169. The van der Waals surface area contributed by atoms with E-state index < -0.39 is 0 Å². The van der Waals surface area contributed by atoms with Crippen molar-refractivity contribution in [3.8, 4) is 5.75 Å². The predicted molar refractivity (Wildman–Crippen MR) is 101 cm³/mol. The van der Waals surface area contributed by atoms with Crippen molar-refractivity contribution in [1.29, 1.82) is 0 Å². The molecule has 0 fully saturated rings. The Morgan fingerprint density at radius 1 is 1.08 bits per heavy atom. The third kappa shape index (κ3) is 3.78. The van der Waals surface area contributed by atoms with E-state index in [1.54, 1.807) is 0 Å². The smallest absolute Gasteiger partial charge is 0.257 e. The molecular formula is C21H26N2O2. The molecular weight excluding hydrogens is 312 g/mol. The van der Waals surface area contributed by atoms with Crippen molar-refractivity contribution in [3.63, 3.8) is 0 Å². The summed E-state index contributed by atoms with van der Waals surface area (Å²) in [6.07, 6.45) is 2.90. The van der Waals surface area contributed by atoms with Crippen LogP contribution in [0, 0.1) is 0 Å². The average Bonchev–Trinajstić information content (AvgIpc) is 2.64. The van der Waals surface area contributed by atoms with Crippen LogP contribution in [-0.4, -0.2) is 24.0 Å². The molecule has 0 saturated carbocycles. The SMILES string of the molecule is CCCCOc1cccc(C2Nc3ccccc3C(=O)N2CCC)c1. The molecule has 4 nitrogen and oxygen atoms in total. The van der Waals surface area contributed by atoms with Crippen molar-refractivity contribution in [2.45, 2.75) is 39.3 Å². The van der Waals surface area contributed by atoms with Gasteiger partial charge in [-0.2, -0.15) is 0 Å². The van der Waals surface area contributed by atoms with Crippen molar-refractivity contribution in [2.24, 2.45) is 0 Å². The molecule has 2 aromatic carbocycles. The van der Waals surface area contributed by atoms with Gasteiger partial charge in [-0.15, -0.1) is 0 Å². The number of nitrogens with one attached hydrogen (secondary N) is 1. The Kier molecular flexibility index (Phi) is 5.59. The number of hydrogen-bond acceptors (Lipinski definition) is 3. The number of unbranched alkanes of at least 4 members (excludes halogenated alkanes) is 1. The van der Waals surface area contributed by atoms with Gasteiger partial charge in [-0.3, -0.25) is 4.79 Å². The van der Waals surface area contributed by atoms with Crippen LogP contribution in [0.3, 0.4) is 0 Å². The molecule has 0 spiro atoms. The zero-order chi connectivity index (χ0) is 17.6. The van der Waals surface area contributed by atoms with Gasteiger partial charge >= 0.3 is 0 Å². The Morgan fingerprint density at radius 2 is 1.92 bits per heavy atom. The van der Waals surface area contributed by atoms with Crippen LogP contribution in [0.25, 0.3) is 0 Å². The van der Waals surface area contributed by atoms with Crippen LogP contribution < -0.4 is 10.1 Å². The lowest BCUT2D eigenvalue weighted by atomic mass is 10.0. The highest BCUT2D eigenvalue weighted by Gasteiger charge is 2.32. The van der Waals surface area contributed by atoms with Crippen LogP contribution >= 0.6 is 0 Å².